The van der Waals surface area contributed by atoms with Gasteiger partial charge in [0.05, 0.1) is 16.1 Å². The van der Waals surface area contributed by atoms with Crippen molar-refractivity contribution in [2.75, 3.05) is 13.1 Å². The van der Waals surface area contributed by atoms with Gasteiger partial charge in [-0.1, -0.05) is 38.8 Å². The lowest BCUT2D eigenvalue weighted by molar-refractivity contribution is -0.384. The van der Waals surface area contributed by atoms with Gasteiger partial charge < -0.3 is 9.84 Å². The van der Waals surface area contributed by atoms with Gasteiger partial charge in [0.2, 0.25) is 5.78 Å². The summed E-state index contributed by atoms with van der Waals surface area (Å²) < 4.78 is 5.90. The van der Waals surface area contributed by atoms with Crippen LogP contribution < -0.4 is 4.74 Å². The summed E-state index contributed by atoms with van der Waals surface area (Å²) in [5.41, 5.74) is 1.44. The molecular weight excluding hydrogens is 396 g/mol. The Morgan fingerprint density at radius 3 is 2.48 bits per heavy atom. The Hall–Kier alpha value is -3.19. The van der Waals surface area contributed by atoms with E-state index in [9.17, 15) is 20.0 Å². The van der Waals surface area contributed by atoms with Gasteiger partial charge in [-0.05, 0) is 49.7 Å². The normalized spacial score (nSPS) is 14.2. The van der Waals surface area contributed by atoms with Gasteiger partial charge >= 0.3 is 0 Å². The molecule has 1 aliphatic heterocycles. The Labute approximate surface area is 182 Å². The van der Waals surface area contributed by atoms with Crippen LogP contribution in [-0.4, -0.2) is 33.8 Å². The maximum Gasteiger partial charge on any atom is 0.270 e. The van der Waals surface area contributed by atoms with E-state index in [4.69, 9.17) is 4.74 Å². The number of benzene rings is 2. The van der Waals surface area contributed by atoms with Gasteiger partial charge in [-0.3, -0.25) is 19.8 Å². The van der Waals surface area contributed by atoms with E-state index in [2.05, 4.69) is 18.7 Å². The van der Waals surface area contributed by atoms with E-state index in [-0.39, 0.29) is 23.0 Å². The smallest absolute Gasteiger partial charge is 0.270 e. The molecule has 2 aromatic carbocycles. The van der Waals surface area contributed by atoms with Crippen LogP contribution in [0.5, 0.6) is 11.5 Å². The van der Waals surface area contributed by atoms with Crippen LogP contribution in [0, 0.1) is 10.1 Å². The first-order valence-electron chi connectivity index (χ1n) is 10.7. The fourth-order valence-corrected chi connectivity index (χ4v) is 3.59. The largest absolute Gasteiger partial charge is 0.507 e. The highest BCUT2D eigenvalue weighted by molar-refractivity contribution is 6.15. The zero-order valence-electron chi connectivity index (χ0n) is 18.0. The second-order valence-corrected chi connectivity index (χ2v) is 7.72. The second kappa shape index (κ2) is 10.2. The quantitative estimate of drug-likeness (QED) is 0.315. The fourth-order valence-electron chi connectivity index (χ4n) is 3.59. The molecule has 1 aliphatic rings. The van der Waals surface area contributed by atoms with E-state index in [1.165, 1.54) is 24.3 Å². The molecule has 0 spiro atoms. The number of nitrogens with zero attached hydrogens (tertiary/aromatic N) is 2. The minimum absolute atomic E-state index is 0.0573. The number of rotatable bonds is 10. The molecule has 0 amide bonds. The summed E-state index contributed by atoms with van der Waals surface area (Å²) in [6, 6.07) is 9.12. The molecule has 0 saturated heterocycles. The second-order valence-electron chi connectivity index (χ2n) is 7.72. The summed E-state index contributed by atoms with van der Waals surface area (Å²) in [6.45, 7) is 6.59. The lowest BCUT2D eigenvalue weighted by Crippen LogP contribution is -2.25. The Kier molecular flexibility index (Phi) is 7.41. The molecule has 164 valence electrons. The van der Waals surface area contributed by atoms with Crippen LogP contribution in [0.1, 0.15) is 61.0 Å². The van der Waals surface area contributed by atoms with Crippen LogP contribution in [-0.2, 0) is 6.54 Å². The number of Topliss-reactive ketones (excluding diaryl/α,β-unsaturated/α-hetero) is 1. The fraction of sp³-hybridized carbons (Fsp3) is 0.375. The van der Waals surface area contributed by atoms with Crippen molar-refractivity contribution in [2.24, 2.45) is 0 Å². The number of fused-ring (bicyclic) bond motifs is 1. The molecule has 0 saturated carbocycles. The number of ether oxygens (including phenoxy) is 1. The molecular formula is C24H28N2O5. The van der Waals surface area contributed by atoms with E-state index in [0.717, 1.165) is 38.8 Å². The van der Waals surface area contributed by atoms with E-state index in [1.807, 2.05) is 0 Å². The monoisotopic (exact) mass is 424 g/mol. The minimum Gasteiger partial charge on any atom is -0.507 e. The van der Waals surface area contributed by atoms with Gasteiger partial charge in [-0.2, -0.15) is 0 Å². The maximum atomic E-state index is 12.9. The molecule has 1 N–H and O–H groups in total. The van der Waals surface area contributed by atoms with Gasteiger partial charge in [-0.15, -0.1) is 0 Å². The van der Waals surface area contributed by atoms with Crippen LogP contribution >= 0.6 is 0 Å². The molecule has 3 rings (SSSR count). The number of phenols is 1. The summed E-state index contributed by atoms with van der Waals surface area (Å²) in [4.78, 5) is 25.7. The first kappa shape index (κ1) is 22.5. The molecule has 7 nitrogen and oxygen atoms in total. The number of allylic oxidation sites excluding steroid dienone is 1. The number of ketones is 1. The average Bonchev–Trinajstić information content (AvgIpc) is 3.07. The van der Waals surface area contributed by atoms with Crippen molar-refractivity contribution in [1.29, 1.82) is 0 Å². The number of carbonyl (C=O) groups excluding carboxylic acids is 1. The van der Waals surface area contributed by atoms with Crippen molar-refractivity contribution < 1.29 is 19.6 Å². The van der Waals surface area contributed by atoms with Crippen LogP contribution in [0.25, 0.3) is 6.08 Å². The molecule has 0 unspecified atom stereocenters. The number of phenolic OH excluding ortho intramolecular Hbond substituents is 1. The summed E-state index contributed by atoms with van der Waals surface area (Å²) in [7, 11) is 0. The molecule has 2 aromatic rings. The van der Waals surface area contributed by atoms with Crippen LogP contribution in [0.15, 0.2) is 42.2 Å². The number of nitro benzene ring substituents is 1. The van der Waals surface area contributed by atoms with Crippen molar-refractivity contribution in [3.8, 4) is 11.5 Å². The van der Waals surface area contributed by atoms with Crippen molar-refractivity contribution in [3.63, 3.8) is 0 Å². The number of unbranched alkanes of at least 4 members (excludes halogenated alkanes) is 2. The summed E-state index contributed by atoms with van der Waals surface area (Å²) in [5, 5.41) is 21.5. The lowest BCUT2D eigenvalue weighted by atomic mass is 10.0. The third-order valence-electron chi connectivity index (χ3n) is 5.33. The number of carbonyl (C=O) groups is 1. The van der Waals surface area contributed by atoms with Gasteiger partial charge in [0.25, 0.3) is 5.69 Å². The van der Waals surface area contributed by atoms with Crippen molar-refractivity contribution >= 4 is 17.5 Å². The van der Waals surface area contributed by atoms with E-state index in [1.54, 1.807) is 18.2 Å². The highest BCUT2D eigenvalue weighted by atomic mass is 16.6. The zero-order chi connectivity index (χ0) is 22.4. The predicted octanol–water partition coefficient (Wildman–Crippen LogP) is 5.32. The van der Waals surface area contributed by atoms with Gasteiger partial charge in [-0.25, -0.2) is 0 Å². The first-order valence-corrected chi connectivity index (χ1v) is 10.7. The number of aromatic hydroxyl groups is 1. The van der Waals surface area contributed by atoms with Crippen LogP contribution in [0.3, 0.4) is 0 Å². The standard InChI is InChI=1S/C24H28N2O5/c1-3-5-12-25(13-6-4-2)16-20-21(27)11-10-19-23(28)22(31-24(19)20)15-17-8-7-9-18(14-17)26(29)30/h7-11,14-15,27H,3-6,12-13,16H2,1-2H3/b22-15+. The highest BCUT2D eigenvalue weighted by Crippen LogP contribution is 2.40. The van der Waals surface area contributed by atoms with Crippen molar-refractivity contribution in [1.82, 2.24) is 4.90 Å². The molecule has 0 atom stereocenters. The summed E-state index contributed by atoms with van der Waals surface area (Å²) in [6.07, 6.45) is 5.76. The van der Waals surface area contributed by atoms with Gasteiger partial charge in [0.1, 0.15) is 11.5 Å². The average molecular weight is 424 g/mol. The van der Waals surface area contributed by atoms with E-state index >= 15 is 0 Å². The maximum absolute atomic E-state index is 12.9. The predicted molar refractivity (Wildman–Crippen MR) is 119 cm³/mol. The Balaban J connectivity index is 1.90. The molecule has 0 radical (unpaired) electrons. The molecule has 0 fully saturated rings. The highest BCUT2D eigenvalue weighted by Gasteiger charge is 2.31. The van der Waals surface area contributed by atoms with E-state index in [0.29, 0.717) is 29.0 Å². The van der Waals surface area contributed by atoms with Crippen molar-refractivity contribution in [3.05, 3.63) is 69.0 Å². The summed E-state index contributed by atoms with van der Waals surface area (Å²) in [5.74, 6) is 0.272. The van der Waals surface area contributed by atoms with Gasteiger partial charge in [0.15, 0.2) is 5.76 Å². The Morgan fingerprint density at radius 2 is 1.84 bits per heavy atom. The number of hydrogen-bond acceptors (Lipinski definition) is 6. The topological polar surface area (TPSA) is 92.9 Å². The number of hydrogen-bond donors (Lipinski definition) is 1. The SMILES string of the molecule is CCCCN(CCCC)Cc1c(O)ccc2c1O/C(=C/c1cccc([N+](=O)[O-])c1)C2=O. The molecule has 31 heavy (non-hydrogen) atoms. The number of nitro groups is 1. The third kappa shape index (κ3) is 5.30. The first-order chi connectivity index (χ1) is 14.9. The van der Waals surface area contributed by atoms with Crippen LogP contribution in [0.2, 0.25) is 0 Å². The Bertz CT molecular complexity index is 991. The molecule has 0 aromatic heterocycles. The Morgan fingerprint density at radius 1 is 1.13 bits per heavy atom. The van der Waals surface area contributed by atoms with Gasteiger partial charge in [0, 0.05) is 18.7 Å². The van der Waals surface area contributed by atoms with Crippen LogP contribution in [0.4, 0.5) is 5.69 Å². The molecule has 1 heterocycles. The summed E-state index contributed by atoms with van der Waals surface area (Å²) >= 11 is 0. The van der Waals surface area contributed by atoms with Crippen molar-refractivity contribution in [2.45, 2.75) is 46.1 Å². The molecule has 7 heteroatoms. The number of non-ortho nitro benzene ring substituents is 1. The molecule has 0 bridgehead atoms. The lowest BCUT2D eigenvalue weighted by Gasteiger charge is -2.23. The third-order valence-corrected chi connectivity index (χ3v) is 5.33. The van der Waals surface area contributed by atoms with E-state index < -0.39 is 4.92 Å². The minimum atomic E-state index is -0.481. The molecule has 0 aliphatic carbocycles. The zero-order valence-corrected chi connectivity index (χ0v) is 18.0.